The fourth-order valence-electron chi connectivity index (χ4n) is 3.81. The minimum atomic E-state index is -0.291. The molecule has 0 aromatic rings. The highest BCUT2D eigenvalue weighted by atomic mass is 16.5. The van der Waals surface area contributed by atoms with Gasteiger partial charge in [0.05, 0.1) is 18.6 Å². The van der Waals surface area contributed by atoms with E-state index in [0.29, 0.717) is 18.4 Å². The Morgan fingerprint density at radius 2 is 2.00 bits per heavy atom. The number of hydrogen-bond acceptors (Lipinski definition) is 3. The van der Waals surface area contributed by atoms with Gasteiger partial charge in [0.25, 0.3) is 0 Å². The largest absolute Gasteiger partial charge is 0.465 e. The summed E-state index contributed by atoms with van der Waals surface area (Å²) in [5, 5.41) is 10.3. The minimum Gasteiger partial charge on any atom is -0.465 e. The third kappa shape index (κ3) is 1.40. The Bertz CT molecular complexity index is 276. The zero-order valence-electron chi connectivity index (χ0n) is 8.89. The molecule has 0 radical (unpaired) electrons. The van der Waals surface area contributed by atoms with E-state index in [1.54, 1.807) is 0 Å². The highest BCUT2D eigenvalue weighted by Crippen LogP contribution is 2.47. The molecule has 3 rings (SSSR count). The van der Waals surface area contributed by atoms with Crippen molar-refractivity contribution in [2.75, 3.05) is 6.61 Å². The van der Waals surface area contributed by atoms with Crippen LogP contribution in [0.2, 0.25) is 0 Å². The quantitative estimate of drug-likeness (QED) is 0.614. The maximum atomic E-state index is 11.5. The molecule has 0 aromatic heterocycles. The summed E-state index contributed by atoms with van der Waals surface area (Å²) in [6, 6.07) is 0. The third-order valence-corrected chi connectivity index (χ3v) is 4.64. The van der Waals surface area contributed by atoms with Crippen LogP contribution >= 0.6 is 0 Å². The molecule has 0 bridgehead atoms. The van der Waals surface area contributed by atoms with Crippen LogP contribution in [0.25, 0.3) is 0 Å². The van der Waals surface area contributed by atoms with Crippen LogP contribution in [0.3, 0.4) is 0 Å². The first-order chi connectivity index (χ1) is 7.27. The molecule has 84 valence electrons. The summed E-state index contributed by atoms with van der Waals surface area (Å²) in [6.07, 6.45) is 5.51. The van der Waals surface area contributed by atoms with E-state index < -0.39 is 0 Å². The molecule has 3 nitrogen and oxygen atoms in total. The number of aliphatic hydroxyl groups is 1. The maximum Gasteiger partial charge on any atom is 0.309 e. The minimum absolute atomic E-state index is 0.000602. The van der Waals surface area contributed by atoms with Gasteiger partial charge in [-0.25, -0.2) is 0 Å². The number of carbonyl (C=O) groups excluding carboxylic acids is 1. The first-order valence-corrected chi connectivity index (χ1v) is 6.12. The van der Waals surface area contributed by atoms with Crippen LogP contribution in [0, 0.1) is 23.7 Å². The predicted molar refractivity (Wildman–Crippen MR) is 54.0 cm³/mol. The van der Waals surface area contributed by atoms with Gasteiger partial charge in [-0.1, -0.05) is 19.3 Å². The zero-order chi connectivity index (χ0) is 10.4. The number of carbonyl (C=O) groups is 1. The highest BCUT2D eigenvalue weighted by molar-refractivity contribution is 5.75. The van der Waals surface area contributed by atoms with E-state index >= 15 is 0 Å². The number of cyclic esters (lactones) is 1. The standard InChI is InChI=1S/C12H18O3/c13-11-8-4-2-1-3-7(8)5-9-10(11)6-15-12(9)14/h7-11,13H,1-6H2/t7?,8?,9-,10-,11?/m0/s1. The van der Waals surface area contributed by atoms with Crippen LogP contribution in [0.4, 0.5) is 0 Å². The molecule has 3 unspecified atom stereocenters. The zero-order valence-corrected chi connectivity index (χ0v) is 8.89. The third-order valence-electron chi connectivity index (χ3n) is 4.64. The van der Waals surface area contributed by atoms with Crippen molar-refractivity contribution in [3.8, 4) is 0 Å². The second kappa shape index (κ2) is 3.48. The smallest absolute Gasteiger partial charge is 0.309 e. The van der Waals surface area contributed by atoms with Crippen molar-refractivity contribution in [1.29, 1.82) is 0 Å². The van der Waals surface area contributed by atoms with Gasteiger partial charge in [0.15, 0.2) is 0 Å². The molecule has 5 atom stereocenters. The Morgan fingerprint density at radius 1 is 1.20 bits per heavy atom. The van der Waals surface area contributed by atoms with Crippen LogP contribution in [0.1, 0.15) is 32.1 Å². The van der Waals surface area contributed by atoms with Gasteiger partial charge in [-0.05, 0) is 24.7 Å². The van der Waals surface area contributed by atoms with Crippen LogP contribution in [-0.4, -0.2) is 23.8 Å². The molecule has 15 heavy (non-hydrogen) atoms. The van der Waals surface area contributed by atoms with E-state index in [2.05, 4.69) is 0 Å². The molecule has 3 aliphatic rings. The number of rotatable bonds is 0. The summed E-state index contributed by atoms with van der Waals surface area (Å²) >= 11 is 0. The topological polar surface area (TPSA) is 46.5 Å². The first-order valence-electron chi connectivity index (χ1n) is 6.12. The van der Waals surface area contributed by atoms with Gasteiger partial charge in [-0.2, -0.15) is 0 Å². The van der Waals surface area contributed by atoms with Crippen molar-refractivity contribution in [3.63, 3.8) is 0 Å². The lowest BCUT2D eigenvalue weighted by molar-refractivity contribution is -0.143. The average Bonchev–Trinajstić information content (AvgIpc) is 2.62. The van der Waals surface area contributed by atoms with Crippen LogP contribution < -0.4 is 0 Å². The van der Waals surface area contributed by atoms with Crippen LogP contribution in [-0.2, 0) is 9.53 Å². The molecule has 1 aliphatic heterocycles. The molecule has 3 heteroatoms. The van der Waals surface area contributed by atoms with Crippen LogP contribution in [0.15, 0.2) is 0 Å². The van der Waals surface area contributed by atoms with Gasteiger partial charge < -0.3 is 9.84 Å². The van der Waals surface area contributed by atoms with Crippen LogP contribution in [0.5, 0.6) is 0 Å². The van der Waals surface area contributed by atoms with Gasteiger partial charge in [0.1, 0.15) is 0 Å². The van der Waals surface area contributed by atoms with E-state index in [0.717, 1.165) is 12.8 Å². The number of esters is 1. The van der Waals surface area contributed by atoms with Crippen molar-refractivity contribution >= 4 is 5.97 Å². The molecular formula is C12H18O3. The summed E-state index contributed by atoms with van der Waals surface area (Å²) in [7, 11) is 0. The van der Waals surface area contributed by atoms with E-state index in [4.69, 9.17) is 4.74 Å². The van der Waals surface area contributed by atoms with E-state index in [1.165, 1.54) is 19.3 Å². The van der Waals surface area contributed by atoms with Crippen molar-refractivity contribution in [2.24, 2.45) is 23.7 Å². The van der Waals surface area contributed by atoms with Gasteiger partial charge in [-0.15, -0.1) is 0 Å². The Hall–Kier alpha value is -0.570. The van der Waals surface area contributed by atoms with E-state index in [-0.39, 0.29) is 23.9 Å². The lowest BCUT2D eigenvalue weighted by Gasteiger charge is -2.43. The summed E-state index contributed by atoms with van der Waals surface area (Å²) in [5.41, 5.74) is 0. The number of fused-ring (bicyclic) bond motifs is 2. The number of aliphatic hydroxyl groups excluding tert-OH is 1. The molecule has 0 aromatic carbocycles. The fourth-order valence-corrected chi connectivity index (χ4v) is 3.81. The Kier molecular flexibility index (Phi) is 2.23. The Balaban J connectivity index is 1.83. The molecule has 1 saturated heterocycles. The molecule has 3 fully saturated rings. The average molecular weight is 210 g/mol. The number of ether oxygens (including phenoxy) is 1. The highest BCUT2D eigenvalue weighted by Gasteiger charge is 2.50. The Morgan fingerprint density at radius 3 is 2.87 bits per heavy atom. The molecule has 2 saturated carbocycles. The lowest BCUT2D eigenvalue weighted by atomic mass is 9.62. The molecular weight excluding hydrogens is 192 g/mol. The summed E-state index contributed by atoms with van der Waals surface area (Å²) in [5.74, 6) is 1.04. The van der Waals surface area contributed by atoms with Gasteiger partial charge in [-0.3, -0.25) is 4.79 Å². The van der Waals surface area contributed by atoms with E-state index in [1.807, 2.05) is 0 Å². The summed E-state index contributed by atoms with van der Waals surface area (Å²) in [4.78, 5) is 11.5. The van der Waals surface area contributed by atoms with Gasteiger partial charge in [0.2, 0.25) is 0 Å². The first kappa shape index (κ1) is 9.64. The predicted octanol–water partition coefficient (Wildman–Crippen LogP) is 1.35. The normalized spacial score (nSPS) is 49.4. The van der Waals surface area contributed by atoms with Gasteiger partial charge in [0, 0.05) is 5.92 Å². The van der Waals surface area contributed by atoms with Crippen molar-refractivity contribution in [1.82, 2.24) is 0 Å². The second-order valence-electron chi connectivity index (χ2n) is 5.34. The van der Waals surface area contributed by atoms with Crippen molar-refractivity contribution in [3.05, 3.63) is 0 Å². The van der Waals surface area contributed by atoms with Crippen molar-refractivity contribution in [2.45, 2.75) is 38.2 Å². The lowest BCUT2D eigenvalue weighted by Crippen LogP contribution is -2.45. The molecule has 2 aliphatic carbocycles. The van der Waals surface area contributed by atoms with E-state index in [9.17, 15) is 9.90 Å². The Labute approximate surface area is 89.8 Å². The monoisotopic (exact) mass is 210 g/mol. The van der Waals surface area contributed by atoms with Gasteiger partial charge >= 0.3 is 5.97 Å². The molecule has 0 spiro atoms. The SMILES string of the molecule is O=C1OC[C@@H]2C(O)C3CCCCC3C[C@H]12. The fraction of sp³-hybridized carbons (Fsp3) is 0.917. The number of hydrogen-bond donors (Lipinski definition) is 1. The van der Waals surface area contributed by atoms with Crippen molar-refractivity contribution < 1.29 is 14.6 Å². The summed E-state index contributed by atoms with van der Waals surface area (Å²) < 4.78 is 5.08. The maximum absolute atomic E-state index is 11.5. The summed E-state index contributed by atoms with van der Waals surface area (Å²) in [6.45, 7) is 0.452. The molecule has 0 amide bonds. The molecule has 1 N–H and O–H groups in total. The molecule has 1 heterocycles. The second-order valence-corrected chi connectivity index (χ2v) is 5.34.